The zero-order chi connectivity index (χ0) is 14.1. The minimum atomic E-state index is -0.560. The standard InChI is InChI=1S/C15H24O4/c1-12(17)14-8-7-13(18-2)11-15(14)19-10-6-4-3-5-9-16/h7-8,11-12,16-17H,3-6,9-10H2,1-2H3. The number of hydrogen-bond acceptors (Lipinski definition) is 4. The summed E-state index contributed by atoms with van der Waals surface area (Å²) in [6.07, 6.45) is 3.28. The summed E-state index contributed by atoms with van der Waals surface area (Å²) in [5.74, 6) is 1.40. The fraction of sp³-hybridized carbons (Fsp3) is 0.600. The number of unbranched alkanes of at least 4 members (excludes halogenated alkanes) is 3. The second-order valence-electron chi connectivity index (χ2n) is 4.57. The summed E-state index contributed by atoms with van der Waals surface area (Å²) in [6.45, 7) is 2.58. The molecule has 0 aliphatic carbocycles. The molecule has 4 heteroatoms. The minimum absolute atomic E-state index is 0.253. The molecule has 108 valence electrons. The van der Waals surface area contributed by atoms with Gasteiger partial charge in [0.1, 0.15) is 11.5 Å². The van der Waals surface area contributed by atoms with Gasteiger partial charge in [0.25, 0.3) is 0 Å². The quantitative estimate of drug-likeness (QED) is 0.676. The van der Waals surface area contributed by atoms with Gasteiger partial charge in [0.2, 0.25) is 0 Å². The predicted octanol–water partition coefficient (Wildman–Crippen LogP) is 2.68. The maximum Gasteiger partial charge on any atom is 0.128 e. The molecule has 1 rings (SSSR count). The number of hydrogen-bond donors (Lipinski definition) is 2. The van der Waals surface area contributed by atoms with E-state index in [9.17, 15) is 5.11 Å². The molecule has 2 N–H and O–H groups in total. The number of ether oxygens (including phenoxy) is 2. The highest BCUT2D eigenvalue weighted by atomic mass is 16.5. The van der Waals surface area contributed by atoms with Crippen molar-refractivity contribution in [1.82, 2.24) is 0 Å². The molecule has 0 aromatic heterocycles. The van der Waals surface area contributed by atoms with Crippen molar-refractivity contribution >= 4 is 0 Å². The van der Waals surface area contributed by atoms with Crippen molar-refractivity contribution in [2.75, 3.05) is 20.3 Å². The molecular formula is C15H24O4. The third kappa shape index (κ3) is 5.49. The number of methoxy groups -OCH3 is 1. The van der Waals surface area contributed by atoms with Crippen molar-refractivity contribution in [2.45, 2.75) is 38.7 Å². The average Bonchev–Trinajstić information content (AvgIpc) is 2.42. The molecule has 1 aromatic rings. The van der Waals surface area contributed by atoms with Crippen LogP contribution in [0.25, 0.3) is 0 Å². The molecule has 0 radical (unpaired) electrons. The van der Waals surface area contributed by atoms with Crippen molar-refractivity contribution < 1.29 is 19.7 Å². The summed E-state index contributed by atoms with van der Waals surface area (Å²) in [5.41, 5.74) is 0.774. The van der Waals surface area contributed by atoms with Crippen LogP contribution in [-0.2, 0) is 0 Å². The van der Waals surface area contributed by atoms with E-state index in [-0.39, 0.29) is 6.61 Å². The summed E-state index contributed by atoms with van der Waals surface area (Å²) in [7, 11) is 1.61. The first-order valence-corrected chi connectivity index (χ1v) is 6.78. The summed E-state index contributed by atoms with van der Waals surface area (Å²) >= 11 is 0. The van der Waals surface area contributed by atoms with Gasteiger partial charge >= 0.3 is 0 Å². The zero-order valence-corrected chi connectivity index (χ0v) is 11.8. The molecule has 0 spiro atoms. The lowest BCUT2D eigenvalue weighted by molar-refractivity contribution is 0.190. The van der Waals surface area contributed by atoms with E-state index in [1.807, 2.05) is 12.1 Å². The number of benzene rings is 1. The molecule has 1 aromatic carbocycles. The van der Waals surface area contributed by atoms with Gasteiger partial charge in [0, 0.05) is 18.2 Å². The van der Waals surface area contributed by atoms with Crippen LogP contribution in [0.15, 0.2) is 18.2 Å². The molecule has 0 heterocycles. The van der Waals surface area contributed by atoms with Gasteiger partial charge in [-0.3, -0.25) is 0 Å². The summed E-state index contributed by atoms with van der Waals surface area (Å²) in [5, 5.41) is 18.4. The van der Waals surface area contributed by atoms with E-state index in [4.69, 9.17) is 14.6 Å². The summed E-state index contributed by atoms with van der Waals surface area (Å²) < 4.78 is 10.9. The fourth-order valence-electron chi connectivity index (χ4n) is 1.86. The molecular weight excluding hydrogens is 244 g/mol. The normalized spacial score (nSPS) is 12.2. The topological polar surface area (TPSA) is 58.9 Å². The maximum absolute atomic E-state index is 9.69. The van der Waals surface area contributed by atoms with Crippen molar-refractivity contribution in [2.24, 2.45) is 0 Å². The van der Waals surface area contributed by atoms with E-state index in [0.29, 0.717) is 12.4 Å². The molecule has 1 unspecified atom stereocenters. The first-order chi connectivity index (χ1) is 9.19. The fourth-order valence-corrected chi connectivity index (χ4v) is 1.86. The molecule has 0 aliphatic heterocycles. The molecule has 0 amide bonds. The first-order valence-electron chi connectivity index (χ1n) is 6.78. The second kappa shape index (κ2) is 8.77. The third-order valence-corrected chi connectivity index (χ3v) is 2.98. The highest BCUT2D eigenvalue weighted by Gasteiger charge is 2.10. The van der Waals surface area contributed by atoms with Gasteiger partial charge in [-0.25, -0.2) is 0 Å². The minimum Gasteiger partial charge on any atom is -0.497 e. The van der Waals surface area contributed by atoms with E-state index in [2.05, 4.69) is 0 Å². The van der Waals surface area contributed by atoms with E-state index in [0.717, 1.165) is 37.0 Å². The molecule has 19 heavy (non-hydrogen) atoms. The summed E-state index contributed by atoms with van der Waals surface area (Å²) in [6, 6.07) is 5.44. The molecule has 0 saturated heterocycles. The van der Waals surface area contributed by atoms with Crippen LogP contribution in [-0.4, -0.2) is 30.5 Å². The van der Waals surface area contributed by atoms with E-state index < -0.39 is 6.10 Å². The van der Waals surface area contributed by atoms with Gasteiger partial charge in [0.05, 0.1) is 19.8 Å². The Morgan fingerprint density at radius 2 is 1.89 bits per heavy atom. The van der Waals surface area contributed by atoms with E-state index >= 15 is 0 Å². The van der Waals surface area contributed by atoms with Gasteiger partial charge in [0.15, 0.2) is 0 Å². The summed E-state index contributed by atoms with van der Waals surface area (Å²) in [4.78, 5) is 0. The van der Waals surface area contributed by atoms with Crippen LogP contribution in [0.5, 0.6) is 11.5 Å². The van der Waals surface area contributed by atoms with E-state index in [1.165, 1.54) is 0 Å². The van der Waals surface area contributed by atoms with Crippen molar-refractivity contribution in [3.05, 3.63) is 23.8 Å². The van der Waals surface area contributed by atoms with Gasteiger partial charge in [-0.1, -0.05) is 6.42 Å². The number of aliphatic hydroxyl groups is 2. The Bertz CT molecular complexity index is 363. The zero-order valence-electron chi connectivity index (χ0n) is 11.8. The SMILES string of the molecule is COc1ccc(C(C)O)c(OCCCCCCO)c1. The smallest absolute Gasteiger partial charge is 0.128 e. The molecule has 4 nitrogen and oxygen atoms in total. The third-order valence-electron chi connectivity index (χ3n) is 2.98. The molecule has 0 bridgehead atoms. The Balaban J connectivity index is 2.50. The second-order valence-corrected chi connectivity index (χ2v) is 4.57. The lowest BCUT2D eigenvalue weighted by Gasteiger charge is -2.14. The van der Waals surface area contributed by atoms with Gasteiger partial charge < -0.3 is 19.7 Å². The molecule has 0 fully saturated rings. The van der Waals surface area contributed by atoms with Gasteiger partial charge in [-0.2, -0.15) is 0 Å². The van der Waals surface area contributed by atoms with Crippen LogP contribution < -0.4 is 9.47 Å². The Labute approximate surface area is 115 Å². The molecule has 0 aliphatic rings. The van der Waals surface area contributed by atoms with Gasteiger partial charge in [-0.05, 0) is 38.3 Å². The monoisotopic (exact) mass is 268 g/mol. The molecule has 0 saturated carbocycles. The highest BCUT2D eigenvalue weighted by molar-refractivity contribution is 5.41. The first kappa shape index (κ1) is 15.8. The Hall–Kier alpha value is -1.26. The van der Waals surface area contributed by atoms with E-state index in [1.54, 1.807) is 20.1 Å². The van der Waals surface area contributed by atoms with Crippen LogP contribution in [0, 0.1) is 0 Å². The van der Waals surface area contributed by atoms with Crippen LogP contribution in [0.2, 0.25) is 0 Å². The van der Waals surface area contributed by atoms with Crippen molar-refractivity contribution in [3.8, 4) is 11.5 Å². The van der Waals surface area contributed by atoms with Crippen LogP contribution in [0.4, 0.5) is 0 Å². The molecule has 1 atom stereocenters. The van der Waals surface area contributed by atoms with Gasteiger partial charge in [-0.15, -0.1) is 0 Å². The number of rotatable bonds is 9. The lowest BCUT2D eigenvalue weighted by atomic mass is 10.1. The highest BCUT2D eigenvalue weighted by Crippen LogP contribution is 2.29. The maximum atomic E-state index is 9.69. The average molecular weight is 268 g/mol. The number of aliphatic hydroxyl groups excluding tert-OH is 2. The Morgan fingerprint density at radius 1 is 1.16 bits per heavy atom. The van der Waals surface area contributed by atoms with Crippen molar-refractivity contribution in [3.63, 3.8) is 0 Å². The lowest BCUT2D eigenvalue weighted by Crippen LogP contribution is -2.03. The van der Waals surface area contributed by atoms with Crippen molar-refractivity contribution in [1.29, 1.82) is 0 Å². The Morgan fingerprint density at radius 3 is 2.53 bits per heavy atom. The Kier molecular flexibility index (Phi) is 7.30. The van der Waals surface area contributed by atoms with Crippen LogP contribution >= 0.6 is 0 Å². The van der Waals surface area contributed by atoms with Crippen LogP contribution in [0.1, 0.15) is 44.3 Å². The predicted molar refractivity (Wildman–Crippen MR) is 74.7 cm³/mol. The largest absolute Gasteiger partial charge is 0.497 e. The van der Waals surface area contributed by atoms with Crippen LogP contribution in [0.3, 0.4) is 0 Å².